The van der Waals surface area contributed by atoms with E-state index in [2.05, 4.69) is 47.8 Å². The van der Waals surface area contributed by atoms with Gasteiger partial charge in [0.05, 0.1) is 0 Å². The Morgan fingerprint density at radius 3 is 2.37 bits per heavy atom. The molecule has 0 radical (unpaired) electrons. The summed E-state index contributed by atoms with van der Waals surface area (Å²) in [5.74, 6) is 0.796. The number of aliphatic hydroxyl groups is 1. The van der Waals surface area contributed by atoms with Crippen LogP contribution in [0.3, 0.4) is 0 Å². The molecule has 1 heteroatoms. The van der Waals surface area contributed by atoms with Gasteiger partial charge in [-0.1, -0.05) is 59.8 Å². The van der Waals surface area contributed by atoms with E-state index < -0.39 is 0 Å². The van der Waals surface area contributed by atoms with E-state index in [4.69, 9.17) is 0 Å². The molecule has 1 aliphatic carbocycles. The van der Waals surface area contributed by atoms with Crippen molar-refractivity contribution in [1.29, 1.82) is 0 Å². The second kappa shape index (κ2) is 5.81. The molecular formula is C18H28O. The number of allylic oxidation sites excluding steroid dienone is 5. The average Bonchev–Trinajstić information content (AvgIpc) is 2.49. The van der Waals surface area contributed by atoms with E-state index in [1.165, 1.54) is 17.6 Å². The van der Waals surface area contributed by atoms with Crippen LogP contribution >= 0.6 is 0 Å². The number of hydrogen-bond acceptors (Lipinski definition) is 1. The van der Waals surface area contributed by atoms with E-state index in [9.17, 15) is 5.11 Å². The Hall–Kier alpha value is -1.24. The Labute approximate surface area is 118 Å². The van der Waals surface area contributed by atoms with Crippen molar-refractivity contribution in [3.8, 4) is 0 Å². The molecule has 1 rings (SSSR count). The van der Waals surface area contributed by atoms with Crippen LogP contribution in [-0.4, -0.2) is 5.11 Å². The van der Waals surface area contributed by atoms with E-state index in [1.807, 2.05) is 0 Å². The SMILES string of the molecule is C=C(O)/C=C1\C(=C)C(CC)=C(CC(C)CC)C1(C)C. The highest BCUT2D eigenvalue weighted by molar-refractivity contribution is 5.61. The Kier molecular flexibility index (Phi) is 4.84. The van der Waals surface area contributed by atoms with Gasteiger partial charge in [0.25, 0.3) is 0 Å². The van der Waals surface area contributed by atoms with Crippen LogP contribution in [0.2, 0.25) is 0 Å². The number of rotatable bonds is 5. The number of hydrogen-bond donors (Lipinski definition) is 1. The molecule has 0 bridgehead atoms. The van der Waals surface area contributed by atoms with Gasteiger partial charge in [0.1, 0.15) is 5.76 Å². The predicted molar refractivity (Wildman–Crippen MR) is 84.2 cm³/mol. The zero-order chi connectivity index (χ0) is 14.8. The lowest BCUT2D eigenvalue weighted by atomic mass is 9.77. The summed E-state index contributed by atoms with van der Waals surface area (Å²) in [6.07, 6.45) is 5.08. The molecule has 1 aliphatic rings. The van der Waals surface area contributed by atoms with Crippen LogP contribution in [0.15, 0.2) is 47.3 Å². The highest BCUT2D eigenvalue weighted by Crippen LogP contribution is 2.52. The molecule has 106 valence electrons. The largest absolute Gasteiger partial charge is 0.509 e. The van der Waals surface area contributed by atoms with Gasteiger partial charge in [0, 0.05) is 5.41 Å². The first kappa shape index (κ1) is 15.8. The maximum atomic E-state index is 9.51. The quantitative estimate of drug-likeness (QED) is 0.626. The highest BCUT2D eigenvalue weighted by Gasteiger charge is 2.38. The molecule has 0 amide bonds. The molecule has 19 heavy (non-hydrogen) atoms. The Bertz CT molecular complexity index is 446. The fraction of sp³-hybridized carbons (Fsp3) is 0.556. The van der Waals surface area contributed by atoms with E-state index in [-0.39, 0.29) is 11.2 Å². The van der Waals surface area contributed by atoms with Crippen molar-refractivity contribution >= 4 is 0 Å². The van der Waals surface area contributed by atoms with Crippen LogP contribution in [0.5, 0.6) is 0 Å². The monoisotopic (exact) mass is 260 g/mol. The smallest absolute Gasteiger partial charge is 0.108 e. The molecule has 0 aromatic heterocycles. The molecule has 1 N–H and O–H groups in total. The van der Waals surface area contributed by atoms with Crippen LogP contribution in [0.1, 0.15) is 53.9 Å². The first-order valence-corrected chi connectivity index (χ1v) is 7.27. The van der Waals surface area contributed by atoms with Crippen LogP contribution < -0.4 is 0 Å². The molecule has 0 fully saturated rings. The molecule has 0 saturated heterocycles. The van der Waals surface area contributed by atoms with Crippen molar-refractivity contribution in [2.24, 2.45) is 11.3 Å². The predicted octanol–water partition coefficient (Wildman–Crippen LogP) is 5.72. The van der Waals surface area contributed by atoms with Crippen LogP contribution in [0, 0.1) is 11.3 Å². The lowest BCUT2D eigenvalue weighted by molar-refractivity contribution is 0.428. The maximum absolute atomic E-state index is 9.51. The topological polar surface area (TPSA) is 20.2 Å². The van der Waals surface area contributed by atoms with E-state index in [1.54, 1.807) is 6.08 Å². The Balaban J connectivity index is 3.28. The summed E-state index contributed by atoms with van der Waals surface area (Å²) in [6, 6.07) is 0. The van der Waals surface area contributed by atoms with Crippen molar-refractivity contribution in [2.75, 3.05) is 0 Å². The van der Waals surface area contributed by atoms with Gasteiger partial charge in [-0.3, -0.25) is 0 Å². The van der Waals surface area contributed by atoms with Gasteiger partial charge in [-0.05, 0) is 41.6 Å². The lowest BCUT2D eigenvalue weighted by Crippen LogP contribution is -2.15. The van der Waals surface area contributed by atoms with Gasteiger partial charge in [0.2, 0.25) is 0 Å². The first-order valence-electron chi connectivity index (χ1n) is 7.27. The fourth-order valence-electron chi connectivity index (χ4n) is 2.99. The minimum atomic E-state index is -0.0441. The average molecular weight is 260 g/mol. The van der Waals surface area contributed by atoms with Crippen molar-refractivity contribution in [3.05, 3.63) is 47.3 Å². The zero-order valence-electron chi connectivity index (χ0n) is 13.1. The molecular weight excluding hydrogens is 232 g/mol. The normalized spacial score (nSPS) is 22.2. The molecule has 0 aromatic rings. The molecule has 0 saturated carbocycles. The van der Waals surface area contributed by atoms with Crippen LogP contribution in [0.4, 0.5) is 0 Å². The summed E-state index contributed by atoms with van der Waals surface area (Å²) in [4.78, 5) is 0. The van der Waals surface area contributed by atoms with Crippen molar-refractivity contribution in [1.82, 2.24) is 0 Å². The molecule has 0 spiro atoms. The minimum Gasteiger partial charge on any atom is -0.509 e. The number of aliphatic hydroxyl groups excluding tert-OH is 1. The third-order valence-electron chi connectivity index (χ3n) is 4.40. The summed E-state index contributed by atoms with van der Waals surface area (Å²) >= 11 is 0. The van der Waals surface area contributed by atoms with Gasteiger partial charge in [-0.15, -0.1) is 0 Å². The molecule has 0 aromatic carbocycles. The molecule has 0 heterocycles. The highest BCUT2D eigenvalue weighted by atomic mass is 16.3. The first-order chi connectivity index (χ1) is 8.75. The Morgan fingerprint density at radius 2 is 1.95 bits per heavy atom. The second-order valence-electron chi connectivity index (χ2n) is 6.18. The third kappa shape index (κ3) is 3.02. The van der Waals surface area contributed by atoms with E-state index >= 15 is 0 Å². The van der Waals surface area contributed by atoms with E-state index in [0.29, 0.717) is 5.92 Å². The summed E-state index contributed by atoms with van der Waals surface area (Å²) in [6.45, 7) is 19.0. The molecule has 1 atom stereocenters. The van der Waals surface area contributed by atoms with E-state index in [0.717, 1.165) is 24.0 Å². The van der Waals surface area contributed by atoms with Crippen LogP contribution in [0.25, 0.3) is 0 Å². The van der Waals surface area contributed by atoms with Crippen LogP contribution in [-0.2, 0) is 0 Å². The third-order valence-corrected chi connectivity index (χ3v) is 4.40. The Morgan fingerprint density at radius 1 is 1.37 bits per heavy atom. The van der Waals surface area contributed by atoms with Gasteiger partial charge in [0.15, 0.2) is 0 Å². The standard InChI is InChI=1S/C18H28O/c1-8-12(3)10-17-15(9-2)14(5)16(11-13(4)19)18(17,6)7/h11-12,19H,4-5,8-10H2,1-3,6-7H3/b16-11+. The summed E-state index contributed by atoms with van der Waals surface area (Å²) in [7, 11) is 0. The van der Waals surface area contributed by atoms with Gasteiger partial charge in [-0.25, -0.2) is 0 Å². The summed E-state index contributed by atoms with van der Waals surface area (Å²) in [5.41, 5.74) is 5.02. The van der Waals surface area contributed by atoms with Gasteiger partial charge >= 0.3 is 0 Å². The summed E-state index contributed by atoms with van der Waals surface area (Å²) in [5, 5.41) is 9.51. The second-order valence-corrected chi connectivity index (χ2v) is 6.18. The van der Waals surface area contributed by atoms with Crippen molar-refractivity contribution in [3.63, 3.8) is 0 Å². The van der Waals surface area contributed by atoms with Gasteiger partial charge < -0.3 is 5.11 Å². The van der Waals surface area contributed by atoms with Gasteiger partial charge in [-0.2, -0.15) is 0 Å². The lowest BCUT2D eigenvalue weighted by Gasteiger charge is -2.27. The molecule has 0 aliphatic heterocycles. The zero-order valence-corrected chi connectivity index (χ0v) is 13.1. The maximum Gasteiger partial charge on any atom is 0.108 e. The fourth-order valence-corrected chi connectivity index (χ4v) is 2.99. The molecule has 1 nitrogen and oxygen atoms in total. The van der Waals surface area contributed by atoms with Crippen molar-refractivity contribution in [2.45, 2.75) is 53.9 Å². The minimum absolute atomic E-state index is 0.0441. The summed E-state index contributed by atoms with van der Waals surface area (Å²) < 4.78 is 0. The van der Waals surface area contributed by atoms with Crippen molar-refractivity contribution < 1.29 is 5.11 Å². The molecule has 1 unspecified atom stereocenters.